The first-order chi connectivity index (χ1) is 7.69. The van der Waals surface area contributed by atoms with Gasteiger partial charge in [-0.1, -0.05) is 18.5 Å². The number of carbonyl (C=O) groups excluding carboxylic acids is 1. The van der Waals surface area contributed by atoms with Gasteiger partial charge in [-0.2, -0.15) is 0 Å². The zero-order chi connectivity index (χ0) is 12.0. The highest BCUT2D eigenvalue weighted by atomic mass is 35.5. The van der Waals surface area contributed by atoms with Crippen molar-refractivity contribution in [2.45, 2.75) is 24.8 Å². The minimum absolute atomic E-state index is 0.217. The molecule has 0 bridgehead atoms. The van der Waals surface area contributed by atoms with Crippen molar-refractivity contribution in [1.29, 1.82) is 0 Å². The topological polar surface area (TPSA) is 52.1 Å². The fourth-order valence-corrected chi connectivity index (χ4v) is 2.45. The molecule has 0 N–H and O–H groups in total. The smallest absolute Gasteiger partial charge is 0.306 e. The van der Waals surface area contributed by atoms with Crippen molar-refractivity contribution in [2.24, 2.45) is 0 Å². The lowest BCUT2D eigenvalue weighted by atomic mass is 10.3. The number of esters is 1. The van der Waals surface area contributed by atoms with Gasteiger partial charge in [-0.3, -0.25) is 4.79 Å². The van der Waals surface area contributed by atoms with Gasteiger partial charge in [0.25, 0.3) is 0 Å². The average molecular weight is 261 g/mol. The molecule has 0 radical (unpaired) electrons. The molecule has 0 atom stereocenters. The number of methoxy groups -OCH3 is 1. The molecule has 1 heterocycles. The standard InChI is InChI=1S/C10H13ClN2O2S/c1-3-7-9(11)12-6-13-10(7)16-5-4-8(14)15-2/h6H,3-5H2,1-2H3. The van der Waals surface area contributed by atoms with E-state index in [9.17, 15) is 4.79 Å². The van der Waals surface area contributed by atoms with Gasteiger partial charge >= 0.3 is 5.97 Å². The van der Waals surface area contributed by atoms with Gasteiger partial charge in [-0.25, -0.2) is 9.97 Å². The summed E-state index contributed by atoms with van der Waals surface area (Å²) in [6.45, 7) is 1.99. The van der Waals surface area contributed by atoms with Crippen LogP contribution in [0.1, 0.15) is 18.9 Å². The summed E-state index contributed by atoms with van der Waals surface area (Å²) < 4.78 is 4.56. The van der Waals surface area contributed by atoms with Crippen LogP contribution < -0.4 is 0 Å². The zero-order valence-corrected chi connectivity index (χ0v) is 10.8. The number of carbonyl (C=O) groups is 1. The third kappa shape index (κ3) is 3.64. The fourth-order valence-electron chi connectivity index (χ4n) is 1.13. The monoisotopic (exact) mass is 260 g/mol. The summed E-state index contributed by atoms with van der Waals surface area (Å²) in [4.78, 5) is 19.0. The second kappa shape index (κ2) is 6.70. The van der Waals surface area contributed by atoms with Crippen LogP contribution in [0.2, 0.25) is 5.15 Å². The molecule has 88 valence electrons. The van der Waals surface area contributed by atoms with Crippen LogP contribution in [0.25, 0.3) is 0 Å². The molecule has 0 aliphatic heterocycles. The molecule has 1 rings (SSSR count). The molecule has 1 aromatic rings. The summed E-state index contributed by atoms with van der Waals surface area (Å²) in [6.07, 6.45) is 2.58. The van der Waals surface area contributed by atoms with Crippen LogP contribution in [-0.4, -0.2) is 28.8 Å². The Morgan fingerprint density at radius 2 is 2.31 bits per heavy atom. The number of rotatable bonds is 5. The van der Waals surface area contributed by atoms with Crippen LogP contribution >= 0.6 is 23.4 Å². The van der Waals surface area contributed by atoms with E-state index < -0.39 is 0 Å². The first kappa shape index (κ1) is 13.3. The molecular formula is C10H13ClN2O2S. The Morgan fingerprint density at radius 3 is 2.94 bits per heavy atom. The molecule has 16 heavy (non-hydrogen) atoms. The number of hydrogen-bond acceptors (Lipinski definition) is 5. The quantitative estimate of drug-likeness (QED) is 0.462. The molecule has 6 heteroatoms. The summed E-state index contributed by atoms with van der Waals surface area (Å²) in [5, 5.41) is 1.32. The SMILES string of the molecule is CCc1c(Cl)ncnc1SCCC(=O)OC. The van der Waals surface area contributed by atoms with Gasteiger partial charge in [0.05, 0.1) is 13.5 Å². The molecule has 0 spiro atoms. The summed E-state index contributed by atoms with van der Waals surface area (Å²) in [5.74, 6) is 0.415. The predicted octanol–water partition coefficient (Wildman–Crippen LogP) is 2.35. The first-order valence-corrected chi connectivity index (χ1v) is 6.24. The van der Waals surface area contributed by atoms with Crippen molar-refractivity contribution in [1.82, 2.24) is 9.97 Å². The maximum Gasteiger partial charge on any atom is 0.306 e. The summed E-state index contributed by atoms with van der Waals surface area (Å²) in [5.41, 5.74) is 0.930. The van der Waals surface area contributed by atoms with Crippen molar-refractivity contribution < 1.29 is 9.53 Å². The van der Waals surface area contributed by atoms with Crippen LogP contribution in [0.4, 0.5) is 0 Å². The Hall–Kier alpha value is -0.810. The largest absolute Gasteiger partial charge is 0.469 e. The normalized spacial score (nSPS) is 10.2. The summed E-state index contributed by atoms with van der Waals surface area (Å²) in [7, 11) is 1.38. The lowest BCUT2D eigenvalue weighted by molar-refractivity contribution is -0.140. The Bertz CT molecular complexity index is 374. The molecule has 4 nitrogen and oxygen atoms in total. The van der Waals surface area contributed by atoms with Gasteiger partial charge < -0.3 is 4.74 Å². The number of thioether (sulfide) groups is 1. The van der Waals surface area contributed by atoms with Crippen molar-refractivity contribution in [2.75, 3.05) is 12.9 Å². The molecule has 0 aliphatic carbocycles. The average Bonchev–Trinajstić information content (AvgIpc) is 2.29. The minimum Gasteiger partial charge on any atom is -0.469 e. The molecule has 1 aromatic heterocycles. The molecule has 0 fully saturated rings. The fraction of sp³-hybridized carbons (Fsp3) is 0.500. The Labute approximate surface area is 104 Å². The molecule has 0 saturated heterocycles. The Balaban J connectivity index is 2.60. The van der Waals surface area contributed by atoms with Gasteiger partial charge in [0, 0.05) is 11.3 Å². The predicted molar refractivity (Wildman–Crippen MR) is 63.8 cm³/mol. The second-order valence-electron chi connectivity index (χ2n) is 2.98. The second-order valence-corrected chi connectivity index (χ2v) is 4.42. The summed E-state index contributed by atoms with van der Waals surface area (Å²) in [6, 6.07) is 0. The third-order valence-electron chi connectivity index (χ3n) is 1.98. The number of ether oxygens (including phenoxy) is 1. The maximum atomic E-state index is 10.9. The van der Waals surface area contributed by atoms with E-state index in [0.29, 0.717) is 17.3 Å². The number of nitrogens with zero attached hydrogens (tertiary/aromatic N) is 2. The Morgan fingerprint density at radius 1 is 1.56 bits per heavy atom. The highest BCUT2D eigenvalue weighted by molar-refractivity contribution is 7.99. The van der Waals surface area contributed by atoms with Crippen LogP contribution in [0.3, 0.4) is 0 Å². The van der Waals surface area contributed by atoms with Gasteiger partial charge in [0.2, 0.25) is 0 Å². The van der Waals surface area contributed by atoms with Crippen LogP contribution in [0, 0.1) is 0 Å². The van der Waals surface area contributed by atoms with E-state index in [2.05, 4.69) is 14.7 Å². The number of halogens is 1. The Kier molecular flexibility index (Phi) is 5.55. The van der Waals surface area contributed by atoms with E-state index >= 15 is 0 Å². The number of aromatic nitrogens is 2. The van der Waals surface area contributed by atoms with E-state index in [0.717, 1.165) is 17.0 Å². The van der Waals surface area contributed by atoms with E-state index in [-0.39, 0.29) is 5.97 Å². The first-order valence-electron chi connectivity index (χ1n) is 4.88. The molecular weight excluding hydrogens is 248 g/mol. The van der Waals surface area contributed by atoms with E-state index in [1.165, 1.54) is 25.2 Å². The highest BCUT2D eigenvalue weighted by Gasteiger charge is 2.09. The van der Waals surface area contributed by atoms with E-state index in [1.807, 2.05) is 6.92 Å². The molecule has 0 aromatic carbocycles. The van der Waals surface area contributed by atoms with Crippen LogP contribution in [0.15, 0.2) is 11.4 Å². The van der Waals surface area contributed by atoms with Crippen molar-refractivity contribution in [3.63, 3.8) is 0 Å². The van der Waals surface area contributed by atoms with Gasteiger partial charge in [-0.15, -0.1) is 11.8 Å². The summed E-state index contributed by atoms with van der Waals surface area (Å²) >= 11 is 7.44. The molecule has 0 amide bonds. The van der Waals surface area contributed by atoms with Gasteiger partial charge in [0.15, 0.2) is 0 Å². The van der Waals surface area contributed by atoms with E-state index in [1.54, 1.807) is 0 Å². The van der Waals surface area contributed by atoms with Gasteiger partial charge in [-0.05, 0) is 6.42 Å². The van der Waals surface area contributed by atoms with E-state index in [4.69, 9.17) is 11.6 Å². The highest BCUT2D eigenvalue weighted by Crippen LogP contribution is 2.25. The number of hydrogen-bond donors (Lipinski definition) is 0. The van der Waals surface area contributed by atoms with Crippen molar-refractivity contribution >= 4 is 29.3 Å². The minimum atomic E-state index is -0.217. The van der Waals surface area contributed by atoms with Crippen LogP contribution in [0.5, 0.6) is 0 Å². The van der Waals surface area contributed by atoms with Crippen LogP contribution in [-0.2, 0) is 16.0 Å². The lowest BCUT2D eigenvalue weighted by Gasteiger charge is -2.06. The van der Waals surface area contributed by atoms with Gasteiger partial charge in [0.1, 0.15) is 16.5 Å². The van der Waals surface area contributed by atoms with Crippen molar-refractivity contribution in [3.8, 4) is 0 Å². The lowest BCUT2D eigenvalue weighted by Crippen LogP contribution is -2.02. The molecule has 0 aliphatic rings. The third-order valence-corrected chi connectivity index (χ3v) is 3.34. The molecule has 0 unspecified atom stereocenters. The van der Waals surface area contributed by atoms with Crippen molar-refractivity contribution in [3.05, 3.63) is 17.0 Å². The zero-order valence-electron chi connectivity index (χ0n) is 9.20. The maximum absolute atomic E-state index is 10.9. The molecule has 0 saturated carbocycles.